The van der Waals surface area contributed by atoms with Crippen molar-refractivity contribution in [1.82, 2.24) is 10.3 Å². The van der Waals surface area contributed by atoms with Crippen LogP contribution in [0.2, 0.25) is 0 Å². The lowest BCUT2D eigenvalue weighted by Gasteiger charge is -2.13. The van der Waals surface area contributed by atoms with Crippen LogP contribution in [-0.4, -0.2) is 28.6 Å². The number of hydrogen-bond acceptors (Lipinski definition) is 3. The van der Waals surface area contributed by atoms with Crippen LogP contribution in [0.5, 0.6) is 0 Å². The molecule has 1 atom stereocenters. The topological polar surface area (TPSA) is 91.3 Å². The fourth-order valence-corrected chi connectivity index (χ4v) is 2.02. The van der Waals surface area contributed by atoms with E-state index in [1.807, 2.05) is 18.2 Å². The first kappa shape index (κ1) is 14.8. The van der Waals surface area contributed by atoms with Crippen LogP contribution in [0.1, 0.15) is 13.3 Å². The number of aromatic nitrogens is 1. The minimum absolute atomic E-state index is 0.101. The number of aliphatic carboxylic acids is 1. The van der Waals surface area contributed by atoms with Gasteiger partial charge in [-0.25, -0.2) is 4.79 Å². The molecule has 0 saturated carbocycles. The van der Waals surface area contributed by atoms with E-state index in [2.05, 4.69) is 15.6 Å². The number of hydrogen-bond donors (Lipinski definition) is 3. The van der Waals surface area contributed by atoms with Gasteiger partial charge in [-0.15, -0.1) is 0 Å². The lowest BCUT2D eigenvalue weighted by molar-refractivity contribution is -0.141. The van der Waals surface area contributed by atoms with E-state index in [-0.39, 0.29) is 6.54 Å². The molecule has 1 heterocycles. The number of carbonyl (C=O) groups excluding carboxylic acids is 1. The van der Waals surface area contributed by atoms with E-state index in [0.717, 1.165) is 10.8 Å². The van der Waals surface area contributed by atoms with Crippen LogP contribution in [0, 0.1) is 5.92 Å². The third kappa shape index (κ3) is 3.68. The van der Waals surface area contributed by atoms with Crippen molar-refractivity contribution in [2.45, 2.75) is 13.3 Å². The van der Waals surface area contributed by atoms with Gasteiger partial charge in [-0.1, -0.05) is 19.1 Å². The Bertz CT molecular complexity index is 652. The molecule has 0 saturated heterocycles. The fourth-order valence-electron chi connectivity index (χ4n) is 2.02. The Balaban J connectivity index is 2.03. The summed E-state index contributed by atoms with van der Waals surface area (Å²) in [6.07, 6.45) is 3.84. The van der Waals surface area contributed by atoms with Crippen molar-refractivity contribution >= 4 is 28.5 Å². The minimum Gasteiger partial charge on any atom is -0.481 e. The quantitative estimate of drug-likeness (QED) is 0.787. The molecule has 0 aliphatic rings. The SMILES string of the molecule is CCC(CNC(=O)Nc1cccc2cnccc12)C(=O)O. The van der Waals surface area contributed by atoms with Gasteiger partial charge in [-0.2, -0.15) is 0 Å². The zero-order valence-electron chi connectivity index (χ0n) is 11.7. The number of carbonyl (C=O) groups is 2. The van der Waals surface area contributed by atoms with Gasteiger partial charge in [-0.05, 0) is 18.6 Å². The summed E-state index contributed by atoms with van der Waals surface area (Å²) in [5.41, 5.74) is 0.663. The smallest absolute Gasteiger partial charge is 0.319 e. The predicted molar refractivity (Wildman–Crippen MR) is 80.2 cm³/mol. The summed E-state index contributed by atoms with van der Waals surface area (Å²) >= 11 is 0. The molecule has 110 valence electrons. The first-order chi connectivity index (χ1) is 10.1. The monoisotopic (exact) mass is 287 g/mol. The highest BCUT2D eigenvalue weighted by molar-refractivity contribution is 6.01. The van der Waals surface area contributed by atoms with Crippen molar-refractivity contribution < 1.29 is 14.7 Å². The molecule has 0 spiro atoms. The zero-order valence-corrected chi connectivity index (χ0v) is 11.7. The van der Waals surface area contributed by atoms with E-state index in [4.69, 9.17) is 5.11 Å². The van der Waals surface area contributed by atoms with Crippen molar-refractivity contribution in [2.75, 3.05) is 11.9 Å². The maximum Gasteiger partial charge on any atom is 0.319 e. The highest BCUT2D eigenvalue weighted by Gasteiger charge is 2.16. The minimum atomic E-state index is -0.908. The number of carboxylic acid groups (broad SMARTS) is 1. The van der Waals surface area contributed by atoms with Crippen LogP contribution in [-0.2, 0) is 4.79 Å². The van der Waals surface area contributed by atoms with Gasteiger partial charge in [0, 0.05) is 29.7 Å². The van der Waals surface area contributed by atoms with Gasteiger partial charge in [0.2, 0.25) is 0 Å². The second kappa shape index (κ2) is 6.69. The van der Waals surface area contributed by atoms with Crippen molar-refractivity contribution in [3.05, 3.63) is 36.7 Å². The molecule has 0 bridgehead atoms. The van der Waals surface area contributed by atoms with E-state index in [1.54, 1.807) is 25.4 Å². The van der Waals surface area contributed by atoms with E-state index in [0.29, 0.717) is 12.1 Å². The van der Waals surface area contributed by atoms with Gasteiger partial charge in [0.1, 0.15) is 0 Å². The molecule has 1 aromatic carbocycles. The van der Waals surface area contributed by atoms with E-state index in [1.165, 1.54) is 0 Å². The summed E-state index contributed by atoms with van der Waals surface area (Å²) in [6.45, 7) is 1.88. The molecule has 2 rings (SSSR count). The summed E-state index contributed by atoms with van der Waals surface area (Å²) < 4.78 is 0. The molecule has 1 unspecified atom stereocenters. The highest BCUT2D eigenvalue weighted by atomic mass is 16.4. The van der Waals surface area contributed by atoms with Crippen LogP contribution in [0.4, 0.5) is 10.5 Å². The molecule has 3 N–H and O–H groups in total. The Morgan fingerprint density at radius 2 is 2.14 bits per heavy atom. The third-order valence-electron chi connectivity index (χ3n) is 3.28. The molecule has 1 aromatic heterocycles. The largest absolute Gasteiger partial charge is 0.481 e. The fraction of sp³-hybridized carbons (Fsp3) is 0.267. The van der Waals surface area contributed by atoms with E-state index < -0.39 is 17.9 Å². The van der Waals surface area contributed by atoms with Crippen molar-refractivity contribution in [2.24, 2.45) is 5.92 Å². The first-order valence-electron chi connectivity index (χ1n) is 6.72. The number of nitrogens with zero attached hydrogens (tertiary/aromatic N) is 1. The molecule has 0 aliphatic heterocycles. The third-order valence-corrected chi connectivity index (χ3v) is 3.28. The Morgan fingerprint density at radius 1 is 1.33 bits per heavy atom. The van der Waals surface area contributed by atoms with Crippen LogP contribution >= 0.6 is 0 Å². The van der Waals surface area contributed by atoms with Gasteiger partial charge < -0.3 is 15.7 Å². The number of nitrogens with one attached hydrogen (secondary N) is 2. The molecular weight excluding hydrogens is 270 g/mol. The molecule has 0 aliphatic carbocycles. The molecule has 0 fully saturated rings. The normalized spacial score (nSPS) is 11.9. The molecule has 0 radical (unpaired) electrons. The maximum absolute atomic E-state index is 11.9. The number of rotatable bonds is 5. The Labute approximate surface area is 122 Å². The Kier molecular flexibility index (Phi) is 4.71. The van der Waals surface area contributed by atoms with Crippen LogP contribution in [0.3, 0.4) is 0 Å². The number of carboxylic acids is 1. The lowest BCUT2D eigenvalue weighted by atomic mass is 10.1. The molecule has 2 aromatic rings. The van der Waals surface area contributed by atoms with Crippen molar-refractivity contribution in [3.63, 3.8) is 0 Å². The molecule has 6 heteroatoms. The van der Waals surface area contributed by atoms with Gasteiger partial charge in [0.15, 0.2) is 0 Å². The second-order valence-corrected chi connectivity index (χ2v) is 4.68. The number of pyridine rings is 1. The van der Waals surface area contributed by atoms with Crippen molar-refractivity contribution in [3.8, 4) is 0 Å². The molecule has 6 nitrogen and oxygen atoms in total. The van der Waals surface area contributed by atoms with Gasteiger partial charge in [-0.3, -0.25) is 9.78 Å². The lowest BCUT2D eigenvalue weighted by Crippen LogP contribution is -2.35. The molecular formula is C15H17N3O3. The van der Waals surface area contributed by atoms with Crippen LogP contribution in [0.15, 0.2) is 36.7 Å². The predicted octanol–water partition coefficient (Wildman–Crippen LogP) is 2.47. The number of anilines is 1. The summed E-state index contributed by atoms with van der Waals surface area (Å²) in [5, 5.41) is 16.1. The molecule has 21 heavy (non-hydrogen) atoms. The standard InChI is InChI=1S/C15H17N3O3/c1-2-10(14(19)20)9-17-15(21)18-13-5-3-4-11-8-16-7-6-12(11)13/h3-8,10H,2,9H2,1H3,(H,19,20)(H2,17,18,21). The van der Waals surface area contributed by atoms with Crippen LogP contribution < -0.4 is 10.6 Å². The van der Waals surface area contributed by atoms with E-state index in [9.17, 15) is 9.59 Å². The average Bonchev–Trinajstić information content (AvgIpc) is 2.48. The number of urea groups is 1. The number of fused-ring (bicyclic) bond motifs is 1. The maximum atomic E-state index is 11.9. The second-order valence-electron chi connectivity index (χ2n) is 4.68. The molecule has 2 amide bonds. The summed E-state index contributed by atoms with van der Waals surface area (Å²) in [4.78, 5) is 26.8. The summed E-state index contributed by atoms with van der Waals surface area (Å²) in [7, 11) is 0. The zero-order chi connectivity index (χ0) is 15.2. The van der Waals surface area contributed by atoms with Gasteiger partial charge in [0.25, 0.3) is 0 Å². The summed E-state index contributed by atoms with van der Waals surface area (Å²) in [5.74, 6) is -1.48. The average molecular weight is 287 g/mol. The van der Waals surface area contributed by atoms with Crippen molar-refractivity contribution in [1.29, 1.82) is 0 Å². The van der Waals surface area contributed by atoms with Gasteiger partial charge in [0.05, 0.1) is 11.6 Å². The number of amides is 2. The summed E-state index contributed by atoms with van der Waals surface area (Å²) in [6, 6.07) is 6.92. The first-order valence-corrected chi connectivity index (χ1v) is 6.72. The highest BCUT2D eigenvalue weighted by Crippen LogP contribution is 2.21. The van der Waals surface area contributed by atoms with Gasteiger partial charge >= 0.3 is 12.0 Å². The number of benzene rings is 1. The van der Waals surface area contributed by atoms with E-state index >= 15 is 0 Å². The van der Waals surface area contributed by atoms with Crippen LogP contribution in [0.25, 0.3) is 10.8 Å². The Hall–Kier alpha value is -2.63. The Morgan fingerprint density at radius 3 is 2.86 bits per heavy atom.